The molecular formula is C15H20N2O5. The Balaban J connectivity index is 1.59. The lowest BCUT2D eigenvalue weighted by molar-refractivity contribution is -0.159. The molecule has 1 aromatic rings. The highest BCUT2D eigenvalue weighted by molar-refractivity contribution is 5.85. The van der Waals surface area contributed by atoms with Crippen LogP contribution in [-0.4, -0.2) is 65.5 Å². The van der Waals surface area contributed by atoms with Crippen molar-refractivity contribution in [3.05, 3.63) is 24.0 Å². The fourth-order valence-electron chi connectivity index (χ4n) is 3.09. The smallest absolute Gasteiger partial charge is 0.352 e. The highest BCUT2D eigenvalue weighted by Crippen LogP contribution is 2.25. The number of aromatic carboxylic acids is 1. The van der Waals surface area contributed by atoms with Crippen molar-refractivity contribution < 1.29 is 24.2 Å². The van der Waals surface area contributed by atoms with E-state index < -0.39 is 12.1 Å². The topological polar surface area (TPSA) is 81.0 Å². The molecule has 7 nitrogen and oxygen atoms in total. The van der Waals surface area contributed by atoms with E-state index >= 15 is 0 Å². The molecule has 0 aliphatic carbocycles. The second-order valence-electron chi connectivity index (χ2n) is 5.60. The molecule has 0 spiro atoms. The number of nitrogens with zero attached hydrogens (tertiary/aromatic N) is 2. The monoisotopic (exact) mass is 308 g/mol. The van der Waals surface area contributed by atoms with E-state index in [2.05, 4.69) is 0 Å². The van der Waals surface area contributed by atoms with Crippen LogP contribution in [0, 0.1) is 0 Å². The normalized spacial score (nSPS) is 23.5. The predicted octanol–water partition coefficient (Wildman–Crippen LogP) is 0.765. The molecule has 1 atom stereocenters. The van der Waals surface area contributed by atoms with E-state index in [1.165, 1.54) is 0 Å². The highest BCUT2D eigenvalue weighted by Gasteiger charge is 2.31. The Labute approximate surface area is 128 Å². The molecule has 22 heavy (non-hydrogen) atoms. The summed E-state index contributed by atoms with van der Waals surface area (Å²) in [5.74, 6) is -0.944. The van der Waals surface area contributed by atoms with Crippen molar-refractivity contribution in [1.29, 1.82) is 0 Å². The maximum atomic E-state index is 12.3. The summed E-state index contributed by atoms with van der Waals surface area (Å²) in [5.41, 5.74) is 0.300. The van der Waals surface area contributed by atoms with Gasteiger partial charge < -0.3 is 24.0 Å². The Kier molecular flexibility index (Phi) is 4.44. The van der Waals surface area contributed by atoms with Gasteiger partial charge in [-0.3, -0.25) is 4.79 Å². The summed E-state index contributed by atoms with van der Waals surface area (Å²) in [6, 6.07) is 3.47. The number of hydrogen-bond donors (Lipinski definition) is 1. The molecule has 0 radical (unpaired) electrons. The minimum absolute atomic E-state index is 0.0240. The molecular weight excluding hydrogens is 288 g/mol. The van der Waals surface area contributed by atoms with Gasteiger partial charge in [0.2, 0.25) is 0 Å². The third-order valence-electron chi connectivity index (χ3n) is 4.26. The average Bonchev–Trinajstić information content (AvgIpc) is 3.05. The largest absolute Gasteiger partial charge is 0.477 e. The number of hydrogen-bond acceptors (Lipinski definition) is 4. The number of amides is 1. The van der Waals surface area contributed by atoms with Crippen LogP contribution in [0.15, 0.2) is 18.3 Å². The van der Waals surface area contributed by atoms with E-state index in [4.69, 9.17) is 9.47 Å². The number of rotatable bonds is 3. The van der Waals surface area contributed by atoms with Gasteiger partial charge in [0.15, 0.2) is 6.10 Å². The highest BCUT2D eigenvalue weighted by atomic mass is 16.6. The maximum Gasteiger partial charge on any atom is 0.352 e. The van der Waals surface area contributed by atoms with Crippen LogP contribution in [0.5, 0.6) is 0 Å². The lowest BCUT2D eigenvalue weighted by Gasteiger charge is -2.35. The molecule has 2 aliphatic heterocycles. The predicted molar refractivity (Wildman–Crippen MR) is 76.8 cm³/mol. The Morgan fingerprint density at radius 1 is 1.23 bits per heavy atom. The molecule has 2 fully saturated rings. The van der Waals surface area contributed by atoms with Crippen LogP contribution in [-0.2, 0) is 14.3 Å². The molecule has 2 saturated heterocycles. The number of carbonyl (C=O) groups excluding carboxylic acids is 1. The number of aromatic nitrogens is 1. The van der Waals surface area contributed by atoms with Gasteiger partial charge in [0.25, 0.3) is 5.91 Å². The van der Waals surface area contributed by atoms with Gasteiger partial charge in [-0.25, -0.2) is 4.79 Å². The quantitative estimate of drug-likeness (QED) is 0.892. The summed E-state index contributed by atoms with van der Waals surface area (Å²) < 4.78 is 12.5. The summed E-state index contributed by atoms with van der Waals surface area (Å²) in [7, 11) is 0. The van der Waals surface area contributed by atoms with Gasteiger partial charge in [-0.2, -0.15) is 0 Å². The zero-order valence-electron chi connectivity index (χ0n) is 12.3. The van der Waals surface area contributed by atoms with Gasteiger partial charge in [-0.1, -0.05) is 0 Å². The second-order valence-corrected chi connectivity index (χ2v) is 5.60. The Morgan fingerprint density at radius 3 is 2.64 bits per heavy atom. The first-order chi connectivity index (χ1) is 10.7. The molecule has 1 aromatic heterocycles. The average molecular weight is 308 g/mol. The van der Waals surface area contributed by atoms with Gasteiger partial charge in [-0.05, 0) is 25.0 Å². The Hall–Kier alpha value is -1.86. The first kappa shape index (κ1) is 15.1. The number of carbonyl (C=O) groups is 2. The number of carboxylic acid groups (broad SMARTS) is 1. The number of piperidine rings is 1. The van der Waals surface area contributed by atoms with Crippen molar-refractivity contribution in [1.82, 2.24) is 9.47 Å². The lowest BCUT2D eigenvalue weighted by atomic mass is 10.0. The number of carboxylic acids is 1. The molecule has 1 unspecified atom stereocenters. The Bertz CT molecular complexity index is 542. The number of ether oxygens (including phenoxy) is 2. The summed E-state index contributed by atoms with van der Waals surface area (Å²) in [4.78, 5) is 25.3. The molecule has 120 valence electrons. The number of likely N-dealkylation sites (tertiary alicyclic amines) is 1. The molecule has 0 bridgehead atoms. The van der Waals surface area contributed by atoms with E-state index in [1.807, 2.05) is 0 Å². The summed E-state index contributed by atoms with van der Waals surface area (Å²) in [6.07, 6.45) is 2.79. The molecule has 2 aliphatic rings. The maximum absolute atomic E-state index is 12.3. The fraction of sp³-hybridized carbons (Fsp3) is 0.600. The van der Waals surface area contributed by atoms with Crippen molar-refractivity contribution in [2.75, 3.05) is 32.9 Å². The molecule has 3 heterocycles. The van der Waals surface area contributed by atoms with Crippen molar-refractivity contribution in [2.45, 2.75) is 25.0 Å². The van der Waals surface area contributed by atoms with E-state index in [1.54, 1.807) is 27.8 Å². The zero-order valence-corrected chi connectivity index (χ0v) is 12.3. The third kappa shape index (κ3) is 3.00. The summed E-state index contributed by atoms with van der Waals surface area (Å²) in [5, 5.41) is 9.18. The van der Waals surface area contributed by atoms with Crippen LogP contribution < -0.4 is 0 Å². The van der Waals surface area contributed by atoms with Gasteiger partial charge in [0.1, 0.15) is 5.69 Å². The molecule has 3 rings (SSSR count). The summed E-state index contributed by atoms with van der Waals surface area (Å²) in [6.45, 7) is 2.54. The lowest BCUT2D eigenvalue weighted by Crippen LogP contribution is -2.48. The first-order valence-corrected chi connectivity index (χ1v) is 7.55. The molecule has 0 saturated carbocycles. The molecule has 7 heteroatoms. The molecule has 1 N–H and O–H groups in total. The molecule has 0 aromatic carbocycles. The third-order valence-corrected chi connectivity index (χ3v) is 4.26. The van der Waals surface area contributed by atoms with Crippen molar-refractivity contribution >= 4 is 11.9 Å². The van der Waals surface area contributed by atoms with E-state index in [0.717, 1.165) is 12.8 Å². The summed E-state index contributed by atoms with van der Waals surface area (Å²) >= 11 is 0. The van der Waals surface area contributed by atoms with E-state index in [0.29, 0.717) is 38.6 Å². The van der Waals surface area contributed by atoms with Crippen LogP contribution in [0.4, 0.5) is 0 Å². The van der Waals surface area contributed by atoms with Crippen LogP contribution in [0.2, 0.25) is 0 Å². The van der Waals surface area contributed by atoms with Crippen LogP contribution in [0.1, 0.15) is 29.4 Å². The van der Waals surface area contributed by atoms with Gasteiger partial charge in [-0.15, -0.1) is 0 Å². The van der Waals surface area contributed by atoms with Crippen LogP contribution in [0.25, 0.3) is 0 Å². The van der Waals surface area contributed by atoms with Gasteiger partial charge in [0, 0.05) is 25.3 Å². The van der Waals surface area contributed by atoms with Crippen LogP contribution in [0.3, 0.4) is 0 Å². The zero-order chi connectivity index (χ0) is 15.5. The van der Waals surface area contributed by atoms with Gasteiger partial charge >= 0.3 is 5.97 Å². The standard InChI is InChI=1S/C15H20N2O5/c18-14(13-10-21-8-9-22-13)16-6-3-11(4-7-16)17-5-1-2-12(17)15(19)20/h1-2,5,11,13H,3-4,6-10H2,(H,19,20). The van der Waals surface area contributed by atoms with Gasteiger partial charge in [0.05, 0.1) is 19.8 Å². The second kappa shape index (κ2) is 6.50. The first-order valence-electron chi connectivity index (χ1n) is 7.55. The van der Waals surface area contributed by atoms with Crippen molar-refractivity contribution in [2.24, 2.45) is 0 Å². The SMILES string of the molecule is O=C(O)c1cccn1C1CCN(C(=O)C2COCCO2)CC1. The van der Waals surface area contributed by atoms with Crippen molar-refractivity contribution in [3.63, 3.8) is 0 Å². The van der Waals surface area contributed by atoms with Crippen molar-refractivity contribution in [3.8, 4) is 0 Å². The molecule has 1 amide bonds. The van der Waals surface area contributed by atoms with Crippen LogP contribution >= 0.6 is 0 Å². The minimum Gasteiger partial charge on any atom is -0.477 e. The fourth-order valence-corrected chi connectivity index (χ4v) is 3.09. The minimum atomic E-state index is -0.920. The Morgan fingerprint density at radius 2 is 2.00 bits per heavy atom. The van der Waals surface area contributed by atoms with E-state index in [-0.39, 0.29) is 11.9 Å². The van der Waals surface area contributed by atoms with E-state index in [9.17, 15) is 14.7 Å².